The van der Waals surface area contributed by atoms with E-state index in [2.05, 4.69) is 4.99 Å². The molecule has 0 saturated heterocycles. The molecule has 1 aliphatic rings. The number of rotatable bonds is 3. The highest BCUT2D eigenvalue weighted by Crippen LogP contribution is 2.30. The lowest BCUT2D eigenvalue weighted by Gasteiger charge is -2.24. The molecule has 0 aliphatic carbocycles. The summed E-state index contributed by atoms with van der Waals surface area (Å²) in [7, 11) is -3.64. The first-order valence-electron chi connectivity index (χ1n) is 8.04. The second kappa shape index (κ2) is 6.06. The number of sulfonamides is 1. The van der Waals surface area contributed by atoms with Crippen molar-refractivity contribution in [3.63, 3.8) is 0 Å². The Balaban J connectivity index is 2.15. The van der Waals surface area contributed by atoms with E-state index in [0.29, 0.717) is 23.8 Å². The second-order valence-electron chi connectivity index (χ2n) is 6.24. The zero-order valence-electron chi connectivity index (χ0n) is 14.5. The number of aryl methyl sites for hydroxylation is 2. The maximum atomic E-state index is 13.4. The van der Waals surface area contributed by atoms with Crippen LogP contribution < -0.4 is 0 Å². The van der Waals surface area contributed by atoms with Crippen molar-refractivity contribution < 1.29 is 8.42 Å². The van der Waals surface area contributed by atoms with Crippen LogP contribution in [-0.4, -0.2) is 31.6 Å². The number of aliphatic imine (C=N–C) groups is 1. The van der Waals surface area contributed by atoms with Gasteiger partial charge in [0.2, 0.25) is 0 Å². The Bertz CT molecular complexity index is 890. The number of nitrogens with zero attached hydrogens (tertiary/aromatic N) is 2. The molecule has 0 saturated carbocycles. The standard InChI is InChI=1S/C19H22N2O2S/c1-13-12-14(2)16(4)18(15(13)3)24(22,23)21-11-10-20-19(21)17-8-6-5-7-9-17/h5-9,12H,10-11H2,1-4H3. The molecule has 0 spiro atoms. The van der Waals surface area contributed by atoms with Crippen LogP contribution in [0.1, 0.15) is 27.8 Å². The molecule has 126 valence electrons. The average Bonchev–Trinajstić information content (AvgIpc) is 3.04. The predicted molar refractivity (Wildman–Crippen MR) is 97.1 cm³/mol. The third kappa shape index (κ3) is 2.63. The highest BCUT2D eigenvalue weighted by atomic mass is 32.2. The van der Waals surface area contributed by atoms with Crippen LogP contribution in [0.4, 0.5) is 0 Å². The van der Waals surface area contributed by atoms with Gasteiger partial charge in [-0.25, -0.2) is 12.7 Å². The molecule has 5 heteroatoms. The summed E-state index contributed by atoms with van der Waals surface area (Å²) in [5, 5.41) is 0. The van der Waals surface area contributed by atoms with E-state index in [9.17, 15) is 8.42 Å². The SMILES string of the molecule is Cc1cc(C)c(C)c(S(=O)(=O)N2CCN=C2c2ccccc2)c1C. The molecule has 3 rings (SSSR count). The van der Waals surface area contributed by atoms with Crippen LogP contribution in [0.2, 0.25) is 0 Å². The Morgan fingerprint density at radius 1 is 0.958 bits per heavy atom. The van der Waals surface area contributed by atoms with Gasteiger partial charge in [-0.05, 0) is 49.9 Å². The largest absolute Gasteiger partial charge is 0.266 e. The van der Waals surface area contributed by atoms with Crippen molar-refractivity contribution in [1.82, 2.24) is 4.31 Å². The lowest BCUT2D eigenvalue weighted by Crippen LogP contribution is -2.36. The summed E-state index contributed by atoms with van der Waals surface area (Å²) in [6.45, 7) is 8.55. The summed E-state index contributed by atoms with van der Waals surface area (Å²) in [6.07, 6.45) is 0. The van der Waals surface area contributed by atoms with Gasteiger partial charge in [0.1, 0.15) is 5.84 Å². The van der Waals surface area contributed by atoms with Crippen molar-refractivity contribution in [2.24, 2.45) is 4.99 Å². The van der Waals surface area contributed by atoms with Gasteiger partial charge < -0.3 is 0 Å². The van der Waals surface area contributed by atoms with Crippen LogP contribution in [-0.2, 0) is 10.0 Å². The van der Waals surface area contributed by atoms with Gasteiger partial charge in [-0.3, -0.25) is 4.99 Å². The van der Waals surface area contributed by atoms with E-state index < -0.39 is 10.0 Å². The molecule has 0 atom stereocenters. The molecule has 0 unspecified atom stereocenters. The zero-order chi connectivity index (χ0) is 17.5. The molecule has 0 radical (unpaired) electrons. The molecule has 4 nitrogen and oxygen atoms in total. The summed E-state index contributed by atoms with van der Waals surface area (Å²) in [5.41, 5.74) is 4.45. The van der Waals surface area contributed by atoms with Crippen LogP contribution in [0.5, 0.6) is 0 Å². The Labute approximate surface area is 143 Å². The van der Waals surface area contributed by atoms with Crippen molar-refractivity contribution in [2.45, 2.75) is 32.6 Å². The fraction of sp³-hybridized carbons (Fsp3) is 0.316. The van der Waals surface area contributed by atoms with Gasteiger partial charge in [-0.1, -0.05) is 36.4 Å². The highest BCUT2D eigenvalue weighted by Gasteiger charge is 2.34. The van der Waals surface area contributed by atoms with Gasteiger partial charge in [0.05, 0.1) is 18.0 Å². The summed E-state index contributed by atoms with van der Waals surface area (Å²) in [6, 6.07) is 11.5. The fourth-order valence-corrected chi connectivity index (χ4v) is 5.19. The molecule has 1 heterocycles. The quantitative estimate of drug-likeness (QED) is 0.859. The molecule has 2 aromatic rings. The van der Waals surface area contributed by atoms with Crippen molar-refractivity contribution in [3.8, 4) is 0 Å². The normalized spacial score (nSPS) is 14.8. The van der Waals surface area contributed by atoms with Gasteiger partial charge in [0, 0.05) is 5.56 Å². The smallest absolute Gasteiger partial charge is 0.265 e. The maximum absolute atomic E-state index is 13.4. The zero-order valence-corrected chi connectivity index (χ0v) is 15.3. The van der Waals surface area contributed by atoms with Crippen molar-refractivity contribution in [2.75, 3.05) is 13.1 Å². The fourth-order valence-electron chi connectivity index (χ4n) is 3.17. The highest BCUT2D eigenvalue weighted by molar-refractivity contribution is 7.89. The summed E-state index contributed by atoms with van der Waals surface area (Å²) in [5.74, 6) is 0.536. The van der Waals surface area contributed by atoms with E-state index in [0.717, 1.165) is 27.8 Å². The van der Waals surface area contributed by atoms with Gasteiger partial charge in [-0.15, -0.1) is 0 Å². The molecule has 24 heavy (non-hydrogen) atoms. The monoisotopic (exact) mass is 342 g/mol. The minimum atomic E-state index is -3.64. The number of hydrogen-bond acceptors (Lipinski definition) is 3. The van der Waals surface area contributed by atoms with Gasteiger partial charge in [0.15, 0.2) is 0 Å². The number of benzene rings is 2. The minimum absolute atomic E-state index is 0.387. The van der Waals surface area contributed by atoms with Crippen LogP contribution in [0, 0.1) is 27.7 Å². The van der Waals surface area contributed by atoms with Crippen molar-refractivity contribution in [1.29, 1.82) is 0 Å². The first-order valence-corrected chi connectivity index (χ1v) is 9.48. The molecular formula is C19H22N2O2S. The molecule has 0 amide bonds. The number of amidine groups is 1. The topological polar surface area (TPSA) is 49.7 Å². The van der Waals surface area contributed by atoms with Crippen LogP contribution in [0.15, 0.2) is 46.3 Å². The van der Waals surface area contributed by atoms with E-state index in [1.54, 1.807) is 0 Å². The summed E-state index contributed by atoms with van der Waals surface area (Å²) < 4.78 is 28.3. The van der Waals surface area contributed by atoms with Gasteiger partial charge >= 0.3 is 0 Å². The molecule has 0 fully saturated rings. The summed E-state index contributed by atoms with van der Waals surface area (Å²) >= 11 is 0. The average molecular weight is 342 g/mol. The minimum Gasteiger partial charge on any atom is -0.265 e. The van der Waals surface area contributed by atoms with Crippen molar-refractivity contribution >= 4 is 15.9 Å². The Kier molecular flexibility index (Phi) is 4.22. The van der Waals surface area contributed by atoms with E-state index >= 15 is 0 Å². The molecule has 2 aromatic carbocycles. The van der Waals surface area contributed by atoms with Crippen LogP contribution in [0.25, 0.3) is 0 Å². The Morgan fingerprint density at radius 3 is 2.12 bits per heavy atom. The van der Waals surface area contributed by atoms with Gasteiger partial charge in [0.25, 0.3) is 10.0 Å². The first-order chi connectivity index (χ1) is 11.3. The van der Waals surface area contributed by atoms with Gasteiger partial charge in [-0.2, -0.15) is 0 Å². The molecule has 0 N–H and O–H groups in total. The predicted octanol–water partition coefficient (Wildman–Crippen LogP) is 3.37. The lowest BCUT2D eigenvalue weighted by atomic mass is 10.0. The van der Waals surface area contributed by atoms with E-state index in [1.165, 1.54) is 4.31 Å². The molecule has 1 aliphatic heterocycles. The van der Waals surface area contributed by atoms with Crippen LogP contribution in [0.3, 0.4) is 0 Å². The maximum Gasteiger partial charge on any atom is 0.266 e. The lowest BCUT2D eigenvalue weighted by molar-refractivity contribution is 0.536. The third-order valence-electron chi connectivity index (χ3n) is 4.68. The van der Waals surface area contributed by atoms with Crippen molar-refractivity contribution in [3.05, 3.63) is 64.2 Å². The first kappa shape index (κ1) is 16.7. The van der Waals surface area contributed by atoms with E-state index in [-0.39, 0.29) is 0 Å². The molecular weight excluding hydrogens is 320 g/mol. The Hall–Kier alpha value is -2.14. The van der Waals surface area contributed by atoms with Crippen LogP contribution >= 0.6 is 0 Å². The number of hydrogen-bond donors (Lipinski definition) is 0. The summed E-state index contributed by atoms with van der Waals surface area (Å²) in [4.78, 5) is 4.87. The van der Waals surface area contributed by atoms with E-state index in [4.69, 9.17) is 0 Å². The van der Waals surface area contributed by atoms with E-state index in [1.807, 2.05) is 64.1 Å². The second-order valence-corrected chi connectivity index (χ2v) is 8.04. The Morgan fingerprint density at radius 2 is 1.54 bits per heavy atom. The molecule has 0 aromatic heterocycles. The molecule has 0 bridgehead atoms. The third-order valence-corrected chi connectivity index (χ3v) is 6.74.